The lowest BCUT2D eigenvalue weighted by Gasteiger charge is -2.31. The Bertz CT molecular complexity index is 552. The van der Waals surface area contributed by atoms with E-state index in [2.05, 4.69) is 5.32 Å². The van der Waals surface area contributed by atoms with E-state index in [4.69, 9.17) is 20.1 Å². The Balaban J connectivity index is 4.70. The lowest BCUT2D eigenvalue weighted by atomic mass is 10.0. The highest BCUT2D eigenvalue weighted by Gasteiger charge is 2.38. The third-order valence-corrected chi connectivity index (χ3v) is 4.90. The molecular weight excluding hydrogens is 450 g/mol. The van der Waals surface area contributed by atoms with Crippen molar-refractivity contribution in [1.82, 2.24) is 5.32 Å². The van der Waals surface area contributed by atoms with Crippen LogP contribution in [0.25, 0.3) is 0 Å². The van der Waals surface area contributed by atoms with E-state index in [0.717, 1.165) is 0 Å². The molecule has 0 aliphatic carbocycles. The minimum atomic E-state index is -2.09. The molecule has 0 heterocycles. The summed E-state index contributed by atoms with van der Waals surface area (Å²) in [5.74, 6) is -1.91. The smallest absolute Gasteiger partial charge is 0.303 e. The van der Waals surface area contributed by atoms with E-state index in [1.165, 1.54) is 0 Å². The maximum atomic E-state index is 12.0. The highest BCUT2D eigenvalue weighted by molar-refractivity contribution is 5.81. The molecule has 1 amide bonds. The van der Waals surface area contributed by atoms with Crippen LogP contribution in [0, 0.1) is 0 Å². The molecule has 14 nitrogen and oxygen atoms in total. The molecule has 8 atom stereocenters. The molecule has 33 heavy (non-hydrogen) atoms. The molecule has 0 spiro atoms. The fourth-order valence-corrected chi connectivity index (χ4v) is 2.82. The van der Waals surface area contributed by atoms with Gasteiger partial charge >= 0.3 is 5.97 Å². The minimum Gasteiger partial charge on any atom is -0.481 e. The minimum absolute atomic E-state index is 0.0402. The summed E-state index contributed by atoms with van der Waals surface area (Å²) < 4.78 is 5.05. The van der Waals surface area contributed by atoms with Crippen molar-refractivity contribution in [3.8, 4) is 0 Å². The van der Waals surface area contributed by atoms with Gasteiger partial charge in [-0.25, -0.2) is 0 Å². The number of carbonyl (C=O) groups excluding carboxylic acids is 1. The van der Waals surface area contributed by atoms with Gasteiger partial charge in [-0.2, -0.15) is 0 Å². The van der Waals surface area contributed by atoms with Gasteiger partial charge < -0.3 is 61.1 Å². The van der Waals surface area contributed by atoms with E-state index in [-0.39, 0.29) is 13.0 Å². The third kappa shape index (κ3) is 12.0. The Hall–Kier alpha value is -1.46. The van der Waals surface area contributed by atoms with Crippen molar-refractivity contribution in [1.29, 1.82) is 0 Å². The van der Waals surface area contributed by atoms with Crippen LogP contribution < -0.4 is 5.32 Å². The first kappa shape index (κ1) is 31.5. The molecular formula is C19H37NO13. The number of amides is 1. The van der Waals surface area contributed by atoms with Crippen LogP contribution in [-0.2, 0) is 14.3 Å². The molecule has 0 aliphatic heterocycles. The SMILES string of the molecule is O=C(O)CCCCCCNC(=O)C(O)[C@@H](O)[C@H](OCC(O)[C@@H](O)[C@H](O)C(O)CO)C(O)CO. The van der Waals surface area contributed by atoms with E-state index in [1.54, 1.807) is 0 Å². The van der Waals surface area contributed by atoms with Crippen LogP contribution in [-0.4, -0.2) is 138 Å². The molecule has 0 radical (unpaired) electrons. The zero-order valence-corrected chi connectivity index (χ0v) is 18.2. The lowest BCUT2D eigenvalue weighted by molar-refractivity contribution is -0.178. The lowest BCUT2D eigenvalue weighted by Crippen LogP contribution is -2.54. The first-order chi connectivity index (χ1) is 15.5. The maximum Gasteiger partial charge on any atom is 0.303 e. The number of carboxylic acids is 1. The number of unbranched alkanes of at least 4 members (excludes halogenated alkanes) is 3. The molecule has 14 heteroatoms. The molecule has 196 valence electrons. The predicted molar refractivity (Wildman–Crippen MR) is 110 cm³/mol. The number of carboxylic acid groups (broad SMARTS) is 1. The number of aliphatic carboxylic acids is 1. The van der Waals surface area contributed by atoms with Gasteiger partial charge in [0.15, 0.2) is 6.10 Å². The van der Waals surface area contributed by atoms with E-state index >= 15 is 0 Å². The molecule has 0 aliphatic rings. The standard InChI is InChI=1S/C19H37NO13/c21-7-10(23)14(28)15(29)12(25)9-33-18(11(24)8-22)16(30)17(31)19(32)20-6-4-2-1-3-5-13(26)27/h10-12,14-18,21-25,28-31H,1-9H2,(H,20,32)(H,26,27)/t10?,11?,12?,14-,15-,16-,17?,18-/m1/s1. The molecule has 0 aromatic carbocycles. The van der Waals surface area contributed by atoms with Gasteiger partial charge in [0.25, 0.3) is 5.91 Å². The molecule has 0 bridgehead atoms. The fourth-order valence-electron chi connectivity index (χ4n) is 2.82. The average Bonchev–Trinajstić information content (AvgIpc) is 2.80. The Morgan fingerprint density at radius 2 is 1.27 bits per heavy atom. The van der Waals surface area contributed by atoms with Gasteiger partial charge in [0.2, 0.25) is 0 Å². The van der Waals surface area contributed by atoms with Crippen LogP contribution in [0.2, 0.25) is 0 Å². The number of ether oxygens (including phenoxy) is 1. The van der Waals surface area contributed by atoms with E-state index in [0.29, 0.717) is 25.7 Å². The van der Waals surface area contributed by atoms with Crippen molar-refractivity contribution in [3.63, 3.8) is 0 Å². The summed E-state index contributed by atoms with van der Waals surface area (Å²) in [5, 5.41) is 97.5. The largest absolute Gasteiger partial charge is 0.481 e. The summed E-state index contributed by atoms with van der Waals surface area (Å²) in [6.07, 6.45) is -13.0. The van der Waals surface area contributed by atoms with Crippen molar-refractivity contribution < 1.29 is 65.4 Å². The van der Waals surface area contributed by atoms with Gasteiger partial charge in [0.05, 0.1) is 19.8 Å². The highest BCUT2D eigenvalue weighted by Crippen LogP contribution is 2.13. The maximum absolute atomic E-state index is 12.0. The summed E-state index contributed by atoms with van der Waals surface area (Å²) in [7, 11) is 0. The van der Waals surface area contributed by atoms with Gasteiger partial charge in [-0.3, -0.25) is 9.59 Å². The monoisotopic (exact) mass is 487 g/mol. The topological polar surface area (TPSA) is 258 Å². The molecule has 0 rings (SSSR count). The summed E-state index contributed by atoms with van der Waals surface area (Å²) in [4.78, 5) is 22.5. The van der Waals surface area contributed by atoms with E-state index < -0.39 is 80.5 Å². The number of aliphatic hydroxyl groups is 9. The van der Waals surface area contributed by atoms with Gasteiger partial charge in [0.1, 0.15) is 42.7 Å². The number of nitrogens with one attached hydrogen (secondary N) is 1. The van der Waals surface area contributed by atoms with E-state index in [1.807, 2.05) is 0 Å². The Morgan fingerprint density at radius 1 is 0.727 bits per heavy atom. The molecule has 0 saturated carbocycles. The van der Waals surface area contributed by atoms with Crippen LogP contribution in [0.1, 0.15) is 32.1 Å². The number of hydrogen-bond donors (Lipinski definition) is 11. The second kappa shape index (κ2) is 17.0. The van der Waals surface area contributed by atoms with Gasteiger partial charge in [0, 0.05) is 13.0 Å². The summed E-state index contributed by atoms with van der Waals surface area (Å²) in [5.41, 5.74) is 0. The zero-order chi connectivity index (χ0) is 25.6. The van der Waals surface area contributed by atoms with Crippen molar-refractivity contribution in [2.75, 3.05) is 26.4 Å². The van der Waals surface area contributed by atoms with Crippen molar-refractivity contribution in [2.24, 2.45) is 0 Å². The first-order valence-electron chi connectivity index (χ1n) is 10.6. The Morgan fingerprint density at radius 3 is 1.82 bits per heavy atom. The number of hydrogen-bond acceptors (Lipinski definition) is 12. The number of aliphatic hydroxyl groups excluding tert-OH is 9. The van der Waals surface area contributed by atoms with Crippen molar-refractivity contribution >= 4 is 11.9 Å². The number of carbonyl (C=O) groups is 2. The summed E-state index contributed by atoms with van der Waals surface area (Å²) in [6, 6.07) is 0. The average molecular weight is 487 g/mol. The molecule has 0 aromatic heterocycles. The molecule has 4 unspecified atom stereocenters. The normalized spacial score (nSPS) is 19.1. The molecule has 0 aromatic rings. The van der Waals surface area contributed by atoms with Crippen molar-refractivity contribution in [2.45, 2.75) is 80.9 Å². The van der Waals surface area contributed by atoms with Crippen molar-refractivity contribution in [3.05, 3.63) is 0 Å². The zero-order valence-electron chi connectivity index (χ0n) is 18.2. The van der Waals surface area contributed by atoms with E-state index in [9.17, 15) is 45.3 Å². The highest BCUT2D eigenvalue weighted by atomic mass is 16.5. The van der Waals surface area contributed by atoms with Gasteiger partial charge in [-0.15, -0.1) is 0 Å². The fraction of sp³-hybridized carbons (Fsp3) is 0.895. The molecule has 11 N–H and O–H groups in total. The molecule has 0 fully saturated rings. The van der Waals surface area contributed by atoms with Crippen LogP contribution in [0.5, 0.6) is 0 Å². The Labute approximate surface area is 190 Å². The Kier molecular flexibility index (Phi) is 16.3. The van der Waals surface area contributed by atoms with Crippen LogP contribution >= 0.6 is 0 Å². The summed E-state index contributed by atoms with van der Waals surface area (Å²) >= 11 is 0. The third-order valence-electron chi connectivity index (χ3n) is 4.90. The van der Waals surface area contributed by atoms with Crippen LogP contribution in [0.15, 0.2) is 0 Å². The quantitative estimate of drug-likeness (QED) is 0.0764. The first-order valence-corrected chi connectivity index (χ1v) is 10.6. The van der Waals surface area contributed by atoms with Gasteiger partial charge in [-0.05, 0) is 12.8 Å². The van der Waals surface area contributed by atoms with Crippen LogP contribution in [0.4, 0.5) is 0 Å². The number of rotatable bonds is 19. The predicted octanol–water partition coefficient (Wildman–Crippen LogP) is -4.97. The van der Waals surface area contributed by atoms with Gasteiger partial charge in [-0.1, -0.05) is 12.8 Å². The second-order valence-corrected chi connectivity index (χ2v) is 7.63. The molecule has 0 saturated heterocycles. The van der Waals surface area contributed by atoms with Crippen LogP contribution in [0.3, 0.4) is 0 Å². The summed E-state index contributed by atoms with van der Waals surface area (Å²) in [6.45, 7) is -2.57. The second-order valence-electron chi connectivity index (χ2n) is 7.63.